The maximum atomic E-state index is 12.8. The third-order valence-corrected chi connectivity index (χ3v) is 4.80. The van der Waals surface area contributed by atoms with Gasteiger partial charge in [0.05, 0.1) is 11.9 Å². The fraction of sp³-hybridized carbons (Fsp3) is 0.0909. The van der Waals surface area contributed by atoms with E-state index in [0.717, 1.165) is 26.4 Å². The third kappa shape index (κ3) is 3.24. The van der Waals surface area contributed by atoms with Gasteiger partial charge in [0.15, 0.2) is 0 Å². The van der Waals surface area contributed by atoms with E-state index in [1.54, 1.807) is 49.4 Å². The zero-order valence-corrected chi connectivity index (χ0v) is 16.3. The molecule has 30 heavy (non-hydrogen) atoms. The summed E-state index contributed by atoms with van der Waals surface area (Å²) in [6.07, 6.45) is 1.07. The summed E-state index contributed by atoms with van der Waals surface area (Å²) in [6.45, 7) is 3.60. The van der Waals surface area contributed by atoms with Crippen LogP contribution in [-0.2, 0) is 0 Å². The highest BCUT2D eigenvalue weighted by Gasteiger charge is 2.14. The second kappa shape index (κ2) is 7.32. The summed E-state index contributed by atoms with van der Waals surface area (Å²) >= 11 is 0. The molecule has 8 nitrogen and oxygen atoms in total. The minimum atomic E-state index is -0.809. The average Bonchev–Trinajstić information content (AvgIpc) is 2.71. The van der Waals surface area contributed by atoms with Crippen molar-refractivity contribution >= 4 is 17.0 Å². The van der Waals surface area contributed by atoms with E-state index in [1.165, 1.54) is 0 Å². The Labute approximate surface area is 170 Å². The van der Waals surface area contributed by atoms with Gasteiger partial charge in [0, 0.05) is 11.1 Å². The van der Waals surface area contributed by atoms with E-state index in [9.17, 15) is 19.5 Å². The fourth-order valence-electron chi connectivity index (χ4n) is 3.23. The van der Waals surface area contributed by atoms with Crippen LogP contribution in [0.1, 0.15) is 16.8 Å². The number of benzene rings is 2. The van der Waals surface area contributed by atoms with Gasteiger partial charge >= 0.3 is 5.69 Å². The Morgan fingerprint density at radius 3 is 2.43 bits per heavy atom. The highest BCUT2D eigenvalue weighted by molar-refractivity contribution is 5.83. The van der Waals surface area contributed by atoms with Gasteiger partial charge in [-0.25, -0.2) is 14.0 Å². The number of aromatic nitrogens is 3. The van der Waals surface area contributed by atoms with Crippen molar-refractivity contribution in [2.45, 2.75) is 13.8 Å². The molecule has 0 unspecified atom stereocenters. The number of hydrogen-bond donors (Lipinski definition) is 2. The van der Waals surface area contributed by atoms with Crippen LogP contribution >= 0.6 is 0 Å². The summed E-state index contributed by atoms with van der Waals surface area (Å²) in [5.41, 5.74) is -0.276. The van der Waals surface area contributed by atoms with Gasteiger partial charge in [0.2, 0.25) is 5.88 Å². The lowest BCUT2D eigenvalue weighted by Crippen LogP contribution is -2.31. The van der Waals surface area contributed by atoms with E-state index < -0.39 is 17.1 Å². The van der Waals surface area contributed by atoms with Gasteiger partial charge in [-0.3, -0.25) is 14.6 Å². The molecule has 2 aromatic carbocycles. The van der Waals surface area contributed by atoms with Crippen molar-refractivity contribution in [3.8, 4) is 11.6 Å². The summed E-state index contributed by atoms with van der Waals surface area (Å²) in [5, 5.41) is 16.0. The van der Waals surface area contributed by atoms with Gasteiger partial charge in [-0.1, -0.05) is 35.9 Å². The number of pyridine rings is 1. The summed E-state index contributed by atoms with van der Waals surface area (Å²) in [5.74, 6) is -0.567. The topological polar surface area (TPSA) is 109 Å². The lowest BCUT2D eigenvalue weighted by Gasteiger charge is -2.10. The van der Waals surface area contributed by atoms with Crippen LogP contribution in [0.15, 0.2) is 74.1 Å². The summed E-state index contributed by atoms with van der Waals surface area (Å²) in [7, 11) is 0. The van der Waals surface area contributed by atoms with Crippen molar-refractivity contribution in [2.24, 2.45) is 5.10 Å². The van der Waals surface area contributed by atoms with Crippen LogP contribution in [0.3, 0.4) is 0 Å². The van der Waals surface area contributed by atoms with Crippen molar-refractivity contribution in [2.75, 3.05) is 0 Å². The number of H-pyrrole nitrogens is 1. The number of hydrogen-bond acceptors (Lipinski definition) is 5. The Kier molecular flexibility index (Phi) is 4.67. The predicted octanol–water partition coefficient (Wildman–Crippen LogP) is 2.05. The number of nitrogens with one attached hydrogen (secondary N) is 1. The SMILES string of the molecule is Cc1ccc(-n2c(O)c(/C=N/n3c(C)cc4ccccc4c3=O)c(=O)[nH]c2=O)cc1. The minimum absolute atomic E-state index is 0.241. The maximum absolute atomic E-state index is 12.8. The van der Waals surface area contributed by atoms with E-state index in [2.05, 4.69) is 10.1 Å². The predicted molar refractivity (Wildman–Crippen MR) is 115 cm³/mol. The van der Waals surface area contributed by atoms with Gasteiger partial charge in [-0.2, -0.15) is 5.10 Å². The number of rotatable bonds is 3. The fourth-order valence-corrected chi connectivity index (χ4v) is 3.23. The number of aromatic hydroxyl groups is 1. The molecule has 0 atom stereocenters. The second-order valence-electron chi connectivity index (χ2n) is 6.90. The third-order valence-electron chi connectivity index (χ3n) is 4.80. The van der Waals surface area contributed by atoms with Gasteiger partial charge in [-0.05, 0) is 43.5 Å². The molecule has 0 radical (unpaired) electrons. The molecular formula is C22H18N4O4. The lowest BCUT2D eigenvalue weighted by atomic mass is 10.1. The summed E-state index contributed by atoms with van der Waals surface area (Å²) in [6, 6.07) is 15.7. The Hall–Kier alpha value is -4.20. The first-order valence-electron chi connectivity index (χ1n) is 9.18. The molecule has 0 aliphatic carbocycles. The molecule has 0 aliphatic rings. The van der Waals surface area contributed by atoms with Gasteiger partial charge in [-0.15, -0.1) is 0 Å². The molecule has 2 N–H and O–H groups in total. The largest absolute Gasteiger partial charge is 0.493 e. The molecule has 0 amide bonds. The van der Waals surface area contributed by atoms with Crippen molar-refractivity contribution in [1.29, 1.82) is 0 Å². The Morgan fingerprint density at radius 1 is 1.00 bits per heavy atom. The Morgan fingerprint density at radius 2 is 1.70 bits per heavy atom. The molecule has 2 aromatic heterocycles. The smallest absolute Gasteiger partial charge is 0.335 e. The molecule has 150 valence electrons. The molecule has 0 aliphatic heterocycles. The molecule has 8 heteroatoms. The molecule has 0 saturated heterocycles. The minimum Gasteiger partial charge on any atom is -0.493 e. The van der Waals surface area contributed by atoms with Crippen molar-refractivity contribution in [3.63, 3.8) is 0 Å². The highest BCUT2D eigenvalue weighted by Crippen LogP contribution is 2.16. The van der Waals surface area contributed by atoms with E-state index >= 15 is 0 Å². The van der Waals surface area contributed by atoms with Crippen LogP contribution in [0.2, 0.25) is 0 Å². The van der Waals surface area contributed by atoms with Gasteiger partial charge in [0.1, 0.15) is 5.56 Å². The maximum Gasteiger partial charge on any atom is 0.335 e. The Balaban J connectivity index is 1.88. The molecule has 0 fully saturated rings. The first-order chi connectivity index (χ1) is 14.4. The molecule has 0 bridgehead atoms. The normalized spacial score (nSPS) is 11.4. The summed E-state index contributed by atoms with van der Waals surface area (Å²) < 4.78 is 2.11. The molecule has 2 heterocycles. The standard InChI is InChI=1S/C22H18N4O4/c1-13-7-9-16(10-8-13)25-20(28)18(19(27)24-22(25)30)12-23-26-14(2)11-15-5-3-4-6-17(15)21(26)29/h3-12,28H,1-2H3,(H,24,27,30)/b23-12+. The van der Waals surface area contributed by atoms with Crippen molar-refractivity contribution in [1.82, 2.24) is 14.2 Å². The highest BCUT2D eigenvalue weighted by atomic mass is 16.3. The lowest BCUT2D eigenvalue weighted by molar-refractivity contribution is 0.430. The van der Waals surface area contributed by atoms with E-state index in [0.29, 0.717) is 16.8 Å². The van der Waals surface area contributed by atoms with E-state index in [-0.39, 0.29) is 11.1 Å². The van der Waals surface area contributed by atoms with Crippen molar-refractivity contribution in [3.05, 3.63) is 103 Å². The first-order valence-corrected chi connectivity index (χ1v) is 9.18. The van der Waals surface area contributed by atoms with E-state index in [4.69, 9.17) is 0 Å². The zero-order chi connectivity index (χ0) is 21.4. The molecule has 4 rings (SSSR count). The van der Waals surface area contributed by atoms with Crippen LogP contribution < -0.4 is 16.8 Å². The van der Waals surface area contributed by atoms with Crippen LogP contribution in [0.4, 0.5) is 0 Å². The number of nitrogens with zero attached hydrogens (tertiary/aromatic N) is 3. The van der Waals surface area contributed by atoms with Crippen molar-refractivity contribution < 1.29 is 5.11 Å². The average molecular weight is 402 g/mol. The monoisotopic (exact) mass is 402 g/mol. The van der Waals surface area contributed by atoms with Gasteiger partial charge < -0.3 is 5.11 Å². The second-order valence-corrected chi connectivity index (χ2v) is 6.90. The van der Waals surface area contributed by atoms with E-state index in [1.807, 2.05) is 19.1 Å². The van der Waals surface area contributed by atoms with Crippen LogP contribution in [0, 0.1) is 13.8 Å². The number of aromatic amines is 1. The molecule has 0 spiro atoms. The molecular weight excluding hydrogens is 384 g/mol. The number of fused-ring (bicyclic) bond motifs is 1. The first kappa shape index (κ1) is 19.1. The molecule has 0 saturated carbocycles. The summed E-state index contributed by atoms with van der Waals surface area (Å²) in [4.78, 5) is 39.5. The van der Waals surface area contributed by atoms with Crippen LogP contribution in [-0.4, -0.2) is 25.5 Å². The Bertz CT molecular complexity index is 1470. The quantitative estimate of drug-likeness (QED) is 0.511. The van der Waals surface area contributed by atoms with Crippen LogP contribution in [0.25, 0.3) is 16.5 Å². The van der Waals surface area contributed by atoms with Crippen LogP contribution in [0.5, 0.6) is 5.88 Å². The molecule has 4 aromatic rings. The van der Waals surface area contributed by atoms with Gasteiger partial charge in [0.25, 0.3) is 11.1 Å². The zero-order valence-electron chi connectivity index (χ0n) is 16.3. The number of aryl methyl sites for hydroxylation is 2.